The molecule has 2 aliphatic rings. The fourth-order valence-electron chi connectivity index (χ4n) is 4.77. The van der Waals surface area contributed by atoms with Crippen molar-refractivity contribution in [3.05, 3.63) is 40.8 Å². The molecule has 1 amide bonds. The lowest BCUT2D eigenvalue weighted by molar-refractivity contribution is 0.0667. The van der Waals surface area contributed by atoms with Gasteiger partial charge in [-0.1, -0.05) is 19.0 Å². The number of likely N-dealkylation sites (tertiary alicyclic amines) is 1. The van der Waals surface area contributed by atoms with Crippen LogP contribution in [0.5, 0.6) is 0 Å². The van der Waals surface area contributed by atoms with Crippen LogP contribution in [0.4, 0.5) is 0 Å². The second-order valence-electron chi connectivity index (χ2n) is 8.35. The van der Waals surface area contributed by atoms with Crippen molar-refractivity contribution >= 4 is 5.91 Å². The molecule has 2 atom stereocenters. The zero-order valence-corrected chi connectivity index (χ0v) is 18.1. The third-order valence-electron chi connectivity index (χ3n) is 6.42. The monoisotopic (exact) mass is 412 g/mol. The predicted molar refractivity (Wildman–Crippen MR) is 113 cm³/mol. The molecule has 8 nitrogen and oxygen atoms in total. The minimum Gasteiger partial charge on any atom is -0.361 e. The van der Waals surface area contributed by atoms with E-state index in [-0.39, 0.29) is 5.91 Å². The van der Waals surface area contributed by atoms with Crippen molar-refractivity contribution in [1.29, 1.82) is 0 Å². The Bertz CT molecular complexity index is 874. The summed E-state index contributed by atoms with van der Waals surface area (Å²) in [5.41, 5.74) is 9.35. The quantitative estimate of drug-likeness (QED) is 0.752. The molecule has 4 rings (SSSR count). The van der Waals surface area contributed by atoms with Crippen molar-refractivity contribution in [2.24, 2.45) is 5.92 Å². The number of piperidine rings is 1. The van der Waals surface area contributed by atoms with Crippen molar-refractivity contribution < 1.29 is 9.32 Å². The number of hydrogen-bond acceptors (Lipinski definition) is 7. The smallest absolute Gasteiger partial charge is 0.259 e. The summed E-state index contributed by atoms with van der Waals surface area (Å²) in [7, 11) is 0. The number of carbonyl (C=O) groups is 1. The summed E-state index contributed by atoms with van der Waals surface area (Å²) in [5, 5.41) is 4.04. The van der Waals surface area contributed by atoms with Gasteiger partial charge in [0, 0.05) is 44.2 Å². The molecule has 0 saturated carbocycles. The number of hydrogen-bond donors (Lipinski definition) is 2. The average Bonchev–Trinajstić information content (AvgIpc) is 3.40. The summed E-state index contributed by atoms with van der Waals surface area (Å²) in [4.78, 5) is 24.2. The lowest BCUT2D eigenvalue weighted by atomic mass is 9.81. The van der Waals surface area contributed by atoms with Gasteiger partial charge >= 0.3 is 0 Å². The highest BCUT2D eigenvalue weighted by atomic mass is 16.5. The Balaban J connectivity index is 1.41. The van der Waals surface area contributed by atoms with E-state index in [0.717, 1.165) is 62.5 Å². The van der Waals surface area contributed by atoms with Crippen LogP contribution in [-0.2, 0) is 12.8 Å². The van der Waals surface area contributed by atoms with Gasteiger partial charge in [0.25, 0.3) is 5.91 Å². The van der Waals surface area contributed by atoms with Gasteiger partial charge < -0.3 is 9.42 Å². The Hall–Kier alpha value is -2.32. The molecule has 2 aromatic heterocycles. The fourth-order valence-corrected chi connectivity index (χ4v) is 4.77. The molecule has 30 heavy (non-hydrogen) atoms. The first-order chi connectivity index (χ1) is 14.6. The molecule has 0 spiro atoms. The zero-order valence-electron chi connectivity index (χ0n) is 18.1. The Kier molecular flexibility index (Phi) is 6.43. The lowest BCUT2D eigenvalue weighted by Gasteiger charge is -2.36. The van der Waals surface area contributed by atoms with Crippen LogP contribution >= 0.6 is 0 Å². The van der Waals surface area contributed by atoms with Crippen LogP contribution in [0.15, 0.2) is 16.8 Å². The molecule has 2 aliphatic heterocycles. The van der Waals surface area contributed by atoms with Crippen LogP contribution in [0.1, 0.15) is 72.4 Å². The van der Waals surface area contributed by atoms with E-state index in [9.17, 15) is 4.79 Å². The Morgan fingerprint density at radius 1 is 1.30 bits per heavy atom. The van der Waals surface area contributed by atoms with E-state index in [1.54, 1.807) is 0 Å². The molecule has 2 saturated heterocycles. The molecule has 4 heterocycles. The van der Waals surface area contributed by atoms with E-state index in [1.807, 2.05) is 31.0 Å². The van der Waals surface area contributed by atoms with Crippen LogP contribution < -0.4 is 10.9 Å². The number of aryl methyl sites for hydroxylation is 3. The van der Waals surface area contributed by atoms with Crippen molar-refractivity contribution in [1.82, 2.24) is 30.9 Å². The molecule has 0 radical (unpaired) electrons. The van der Waals surface area contributed by atoms with Crippen molar-refractivity contribution in [2.75, 3.05) is 19.6 Å². The topological polar surface area (TPSA) is 96.2 Å². The van der Waals surface area contributed by atoms with E-state index >= 15 is 0 Å². The van der Waals surface area contributed by atoms with Gasteiger partial charge in [-0.3, -0.25) is 15.6 Å². The minimum atomic E-state index is 0.0538. The summed E-state index contributed by atoms with van der Waals surface area (Å²) in [6, 6.07) is 2.36. The summed E-state index contributed by atoms with van der Waals surface area (Å²) < 4.78 is 5.26. The number of aromatic nitrogens is 3. The molecule has 2 N–H and O–H groups in total. The summed E-state index contributed by atoms with van der Waals surface area (Å²) >= 11 is 0. The largest absolute Gasteiger partial charge is 0.361 e. The summed E-state index contributed by atoms with van der Waals surface area (Å²) in [6.45, 7) is 8.35. The summed E-state index contributed by atoms with van der Waals surface area (Å²) in [5.74, 6) is 2.41. The van der Waals surface area contributed by atoms with Gasteiger partial charge in [-0.15, -0.1) is 0 Å². The van der Waals surface area contributed by atoms with Crippen LogP contribution in [0.3, 0.4) is 0 Å². The van der Waals surface area contributed by atoms with Gasteiger partial charge in [0.15, 0.2) is 0 Å². The molecule has 2 aromatic rings. The van der Waals surface area contributed by atoms with E-state index in [1.165, 1.54) is 0 Å². The standard InChI is InChI=1S/C22H32N6O2/c1-4-6-19-23-10-7-18(25-19)16-13-24-26-21(16)15-8-11-28(12-9-15)22(29)20-14(3)30-27-17(20)5-2/h7,10,15-16,21,24,26H,4-6,8-9,11-13H2,1-3H3. The van der Waals surface area contributed by atoms with E-state index in [0.29, 0.717) is 35.6 Å². The molecule has 8 heteroatoms. The van der Waals surface area contributed by atoms with E-state index in [4.69, 9.17) is 9.51 Å². The van der Waals surface area contributed by atoms with Crippen LogP contribution in [0, 0.1) is 12.8 Å². The van der Waals surface area contributed by atoms with Gasteiger partial charge in [-0.25, -0.2) is 9.97 Å². The zero-order chi connectivity index (χ0) is 21.1. The highest BCUT2D eigenvalue weighted by Crippen LogP contribution is 2.32. The SMILES string of the molecule is CCCc1nccc(C2CNNC2C2CCN(C(=O)c3c(CC)noc3C)CC2)n1. The molecule has 0 aliphatic carbocycles. The summed E-state index contributed by atoms with van der Waals surface area (Å²) in [6.07, 6.45) is 6.49. The predicted octanol–water partition coefficient (Wildman–Crippen LogP) is 2.40. The molecular weight excluding hydrogens is 380 g/mol. The number of hydrazine groups is 1. The first-order valence-electron chi connectivity index (χ1n) is 11.2. The van der Waals surface area contributed by atoms with Gasteiger partial charge in [0.1, 0.15) is 17.1 Å². The Morgan fingerprint density at radius 2 is 2.10 bits per heavy atom. The van der Waals surface area contributed by atoms with Gasteiger partial charge in [0.05, 0.1) is 11.4 Å². The molecule has 2 fully saturated rings. The maximum absolute atomic E-state index is 13.1. The molecule has 0 bridgehead atoms. The third kappa shape index (κ3) is 4.11. The van der Waals surface area contributed by atoms with Crippen molar-refractivity contribution in [3.63, 3.8) is 0 Å². The maximum Gasteiger partial charge on any atom is 0.259 e. The number of nitrogens with one attached hydrogen (secondary N) is 2. The average molecular weight is 413 g/mol. The Labute approximate surface area is 177 Å². The third-order valence-corrected chi connectivity index (χ3v) is 6.42. The molecule has 0 aromatic carbocycles. The van der Waals surface area contributed by atoms with Gasteiger partial charge in [-0.2, -0.15) is 0 Å². The number of nitrogens with zero attached hydrogens (tertiary/aromatic N) is 4. The van der Waals surface area contributed by atoms with Crippen LogP contribution in [0.2, 0.25) is 0 Å². The van der Waals surface area contributed by atoms with Gasteiger partial charge in [0.2, 0.25) is 0 Å². The van der Waals surface area contributed by atoms with Crippen LogP contribution in [0.25, 0.3) is 0 Å². The van der Waals surface area contributed by atoms with Gasteiger partial charge in [-0.05, 0) is 44.6 Å². The van der Waals surface area contributed by atoms with Crippen molar-refractivity contribution in [2.45, 2.75) is 64.8 Å². The molecule has 2 unspecified atom stereocenters. The van der Waals surface area contributed by atoms with Crippen LogP contribution in [-0.4, -0.2) is 51.6 Å². The maximum atomic E-state index is 13.1. The fraction of sp³-hybridized carbons (Fsp3) is 0.636. The minimum absolute atomic E-state index is 0.0538. The number of amides is 1. The van der Waals surface area contributed by atoms with E-state index < -0.39 is 0 Å². The van der Waals surface area contributed by atoms with Crippen molar-refractivity contribution in [3.8, 4) is 0 Å². The highest BCUT2D eigenvalue weighted by Gasteiger charge is 2.38. The second-order valence-corrected chi connectivity index (χ2v) is 8.35. The van der Waals surface area contributed by atoms with E-state index in [2.05, 4.69) is 27.9 Å². The molecular formula is C22H32N6O2. The molecule has 162 valence electrons. The first kappa shape index (κ1) is 20.9. The normalized spacial score (nSPS) is 22.6. The first-order valence-corrected chi connectivity index (χ1v) is 11.2. The Morgan fingerprint density at radius 3 is 2.83 bits per heavy atom. The lowest BCUT2D eigenvalue weighted by Crippen LogP contribution is -2.46. The number of carbonyl (C=O) groups excluding carboxylic acids is 1. The highest BCUT2D eigenvalue weighted by molar-refractivity contribution is 5.96. The number of rotatable bonds is 6. The second kappa shape index (κ2) is 9.22.